The highest BCUT2D eigenvalue weighted by atomic mass is 16.6. The highest BCUT2D eigenvalue weighted by molar-refractivity contribution is 5.70. The van der Waals surface area contributed by atoms with Crippen molar-refractivity contribution in [3.63, 3.8) is 0 Å². The van der Waals surface area contributed by atoms with E-state index in [2.05, 4.69) is 0 Å². The van der Waals surface area contributed by atoms with Crippen LogP contribution in [0.4, 0.5) is 4.79 Å². The molecule has 0 aromatic carbocycles. The monoisotopic (exact) mass is 157 g/mol. The number of fused-ring (bicyclic) bond motifs is 1. The van der Waals surface area contributed by atoms with Crippen molar-refractivity contribution in [2.75, 3.05) is 13.7 Å². The highest BCUT2D eigenvalue weighted by Gasteiger charge is 2.43. The van der Waals surface area contributed by atoms with Gasteiger partial charge in [-0.15, -0.1) is 0 Å². The molecule has 62 valence electrons. The topological polar surface area (TPSA) is 38.8 Å². The zero-order valence-corrected chi connectivity index (χ0v) is 6.45. The Hall–Kier alpha value is -0.770. The maximum Gasteiger partial charge on any atom is 0.412 e. The Morgan fingerprint density at radius 3 is 3.18 bits per heavy atom. The molecule has 11 heavy (non-hydrogen) atoms. The molecular formula is C7H11NO3. The first-order valence-electron chi connectivity index (χ1n) is 3.81. The van der Waals surface area contributed by atoms with Gasteiger partial charge in [0.05, 0.1) is 6.04 Å². The van der Waals surface area contributed by atoms with Gasteiger partial charge in [0, 0.05) is 7.11 Å². The summed E-state index contributed by atoms with van der Waals surface area (Å²) in [4.78, 5) is 12.7. The van der Waals surface area contributed by atoms with E-state index < -0.39 is 0 Å². The second-order valence-corrected chi connectivity index (χ2v) is 2.91. The molecule has 2 atom stereocenters. The van der Waals surface area contributed by atoms with Crippen LogP contribution in [-0.2, 0) is 9.47 Å². The molecule has 2 rings (SSSR count). The molecule has 0 spiro atoms. The largest absolute Gasteiger partial charge is 0.447 e. The zero-order chi connectivity index (χ0) is 7.84. The molecule has 0 aromatic heterocycles. The van der Waals surface area contributed by atoms with Crippen LogP contribution in [0.2, 0.25) is 0 Å². The van der Waals surface area contributed by atoms with Crippen LogP contribution in [0.1, 0.15) is 12.8 Å². The van der Waals surface area contributed by atoms with Crippen LogP contribution in [0, 0.1) is 0 Å². The summed E-state index contributed by atoms with van der Waals surface area (Å²) in [5.74, 6) is 0. The average molecular weight is 157 g/mol. The van der Waals surface area contributed by atoms with Crippen LogP contribution in [0.25, 0.3) is 0 Å². The van der Waals surface area contributed by atoms with Gasteiger partial charge in [-0.2, -0.15) is 0 Å². The van der Waals surface area contributed by atoms with Crippen LogP contribution in [0.3, 0.4) is 0 Å². The highest BCUT2D eigenvalue weighted by Crippen LogP contribution is 2.29. The van der Waals surface area contributed by atoms with Gasteiger partial charge in [-0.3, -0.25) is 4.90 Å². The van der Waals surface area contributed by atoms with Gasteiger partial charge in [-0.1, -0.05) is 0 Å². The van der Waals surface area contributed by atoms with Gasteiger partial charge in [-0.05, 0) is 12.8 Å². The van der Waals surface area contributed by atoms with Crippen LogP contribution >= 0.6 is 0 Å². The second kappa shape index (κ2) is 2.37. The third-order valence-electron chi connectivity index (χ3n) is 2.33. The van der Waals surface area contributed by atoms with E-state index in [0.29, 0.717) is 6.61 Å². The molecule has 0 saturated carbocycles. The lowest BCUT2D eigenvalue weighted by molar-refractivity contribution is 0.0108. The smallest absolute Gasteiger partial charge is 0.412 e. The van der Waals surface area contributed by atoms with Crippen molar-refractivity contribution in [2.45, 2.75) is 25.1 Å². The molecule has 2 aliphatic rings. The molecule has 0 aromatic rings. The Balaban J connectivity index is 2.13. The number of carbonyl (C=O) groups is 1. The Labute approximate surface area is 65.1 Å². The molecule has 0 unspecified atom stereocenters. The molecule has 1 amide bonds. The second-order valence-electron chi connectivity index (χ2n) is 2.91. The van der Waals surface area contributed by atoms with E-state index in [4.69, 9.17) is 9.47 Å². The number of methoxy groups -OCH3 is 1. The summed E-state index contributed by atoms with van der Waals surface area (Å²) in [6.07, 6.45) is 1.68. The predicted octanol–water partition coefficient (Wildman–Crippen LogP) is 0.574. The lowest BCUT2D eigenvalue weighted by Gasteiger charge is -2.18. The van der Waals surface area contributed by atoms with Gasteiger partial charge in [0.2, 0.25) is 0 Å². The van der Waals surface area contributed by atoms with Crippen LogP contribution in [-0.4, -0.2) is 37.0 Å². The number of amides is 1. The van der Waals surface area contributed by atoms with Crippen molar-refractivity contribution in [3.05, 3.63) is 0 Å². The summed E-state index contributed by atoms with van der Waals surface area (Å²) in [5, 5.41) is 0. The zero-order valence-electron chi connectivity index (χ0n) is 6.45. The Morgan fingerprint density at radius 2 is 2.45 bits per heavy atom. The Bertz CT molecular complexity index is 183. The fraction of sp³-hybridized carbons (Fsp3) is 0.857. The Kier molecular flexibility index (Phi) is 1.49. The minimum absolute atomic E-state index is 0.0463. The molecular weight excluding hydrogens is 146 g/mol. The Morgan fingerprint density at radius 1 is 1.64 bits per heavy atom. The number of carbonyl (C=O) groups excluding carboxylic acids is 1. The standard InChI is InChI=1S/C7H11NO3/c1-10-6-3-2-5-4-11-7(9)8(5)6/h5-6H,2-4H2,1H3/t5-,6+/m0/s1. The van der Waals surface area contributed by atoms with Crippen molar-refractivity contribution >= 4 is 6.09 Å². The number of cyclic esters (lactones) is 1. The van der Waals surface area contributed by atoms with Crippen LogP contribution < -0.4 is 0 Å². The normalized spacial score (nSPS) is 35.7. The molecule has 2 aliphatic heterocycles. The minimum Gasteiger partial charge on any atom is -0.447 e. The summed E-state index contributed by atoms with van der Waals surface area (Å²) < 4.78 is 9.98. The summed E-state index contributed by atoms with van der Waals surface area (Å²) in [5.41, 5.74) is 0. The SMILES string of the molecule is CO[C@@H]1CC[C@H]2COC(=O)N21. The summed E-state index contributed by atoms with van der Waals surface area (Å²) in [7, 11) is 1.62. The molecule has 2 heterocycles. The van der Waals surface area contributed by atoms with Crippen molar-refractivity contribution < 1.29 is 14.3 Å². The van der Waals surface area contributed by atoms with Gasteiger partial charge in [-0.25, -0.2) is 4.79 Å². The van der Waals surface area contributed by atoms with Gasteiger partial charge in [0.25, 0.3) is 0 Å². The minimum atomic E-state index is -0.223. The first-order chi connectivity index (χ1) is 5.33. The van der Waals surface area contributed by atoms with Gasteiger partial charge >= 0.3 is 6.09 Å². The third-order valence-corrected chi connectivity index (χ3v) is 2.33. The fourth-order valence-electron chi connectivity index (χ4n) is 1.75. The molecule has 2 fully saturated rings. The molecule has 0 aliphatic carbocycles. The van der Waals surface area contributed by atoms with E-state index in [0.717, 1.165) is 12.8 Å². The third kappa shape index (κ3) is 0.894. The van der Waals surface area contributed by atoms with E-state index in [-0.39, 0.29) is 18.4 Å². The molecule has 4 heteroatoms. The molecule has 0 radical (unpaired) electrons. The first-order valence-corrected chi connectivity index (χ1v) is 3.81. The van der Waals surface area contributed by atoms with Crippen LogP contribution in [0.5, 0.6) is 0 Å². The van der Waals surface area contributed by atoms with Crippen molar-refractivity contribution in [1.82, 2.24) is 4.90 Å². The molecule has 2 saturated heterocycles. The van der Waals surface area contributed by atoms with E-state index in [1.54, 1.807) is 12.0 Å². The summed E-state index contributed by atoms with van der Waals surface area (Å²) >= 11 is 0. The lowest BCUT2D eigenvalue weighted by Crippen LogP contribution is -2.35. The van der Waals surface area contributed by atoms with E-state index in [1.165, 1.54) is 0 Å². The molecule has 4 nitrogen and oxygen atoms in total. The number of nitrogens with zero attached hydrogens (tertiary/aromatic N) is 1. The summed E-state index contributed by atoms with van der Waals surface area (Å²) in [6.45, 7) is 0.540. The number of rotatable bonds is 1. The first kappa shape index (κ1) is 6.91. The quantitative estimate of drug-likeness (QED) is 0.558. The maximum atomic E-state index is 11.0. The fourth-order valence-corrected chi connectivity index (χ4v) is 1.75. The predicted molar refractivity (Wildman–Crippen MR) is 37.0 cm³/mol. The van der Waals surface area contributed by atoms with Gasteiger partial charge in [0.1, 0.15) is 12.8 Å². The van der Waals surface area contributed by atoms with E-state index in [1.807, 2.05) is 0 Å². The van der Waals surface area contributed by atoms with Crippen molar-refractivity contribution in [2.24, 2.45) is 0 Å². The average Bonchev–Trinajstić information content (AvgIpc) is 2.54. The van der Waals surface area contributed by atoms with Gasteiger partial charge < -0.3 is 9.47 Å². The maximum absolute atomic E-state index is 11.0. The van der Waals surface area contributed by atoms with Crippen molar-refractivity contribution in [3.8, 4) is 0 Å². The van der Waals surface area contributed by atoms with E-state index >= 15 is 0 Å². The number of ether oxygens (including phenoxy) is 2. The molecule has 0 N–H and O–H groups in total. The van der Waals surface area contributed by atoms with Crippen LogP contribution in [0.15, 0.2) is 0 Å². The lowest BCUT2D eigenvalue weighted by atomic mass is 10.2. The van der Waals surface area contributed by atoms with Crippen molar-refractivity contribution in [1.29, 1.82) is 0 Å². The van der Waals surface area contributed by atoms with Gasteiger partial charge in [0.15, 0.2) is 0 Å². The number of hydrogen-bond donors (Lipinski definition) is 0. The summed E-state index contributed by atoms with van der Waals surface area (Å²) in [6, 6.07) is 0.271. The molecule has 0 bridgehead atoms. The number of hydrogen-bond acceptors (Lipinski definition) is 3. The van der Waals surface area contributed by atoms with E-state index in [9.17, 15) is 4.79 Å².